The van der Waals surface area contributed by atoms with E-state index in [9.17, 15) is 8.78 Å². The predicted molar refractivity (Wildman–Crippen MR) is 63.6 cm³/mol. The average molecular weight is 249 g/mol. The van der Waals surface area contributed by atoms with Crippen molar-refractivity contribution in [2.45, 2.75) is 18.9 Å². The lowest BCUT2D eigenvalue weighted by Crippen LogP contribution is -2.33. The Morgan fingerprint density at radius 3 is 2.94 bits per heavy atom. The van der Waals surface area contributed by atoms with Gasteiger partial charge in [-0.25, -0.2) is 13.8 Å². The van der Waals surface area contributed by atoms with Crippen LogP contribution in [0.4, 0.5) is 8.78 Å². The molecule has 1 fully saturated rings. The van der Waals surface area contributed by atoms with Gasteiger partial charge in [0.15, 0.2) is 0 Å². The second kappa shape index (κ2) is 4.40. The lowest BCUT2D eigenvalue weighted by molar-refractivity contribution is 0.515. The standard InChI is InChI=1S/C13H13F2N3/c14-10-3-4-12(15)11(8-10)13-2-1-6-18(13)17-7-5-16-9-17/h3-5,7-9,13H,1-2,6H2. The number of hydrogen-bond donors (Lipinski definition) is 0. The van der Waals surface area contributed by atoms with Gasteiger partial charge in [0.25, 0.3) is 0 Å². The monoisotopic (exact) mass is 249 g/mol. The van der Waals surface area contributed by atoms with E-state index in [1.165, 1.54) is 12.1 Å². The first-order valence-electron chi connectivity index (χ1n) is 5.95. The first-order chi connectivity index (χ1) is 8.75. The van der Waals surface area contributed by atoms with Crippen molar-refractivity contribution < 1.29 is 8.78 Å². The van der Waals surface area contributed by atoms with Gasteiger partial charge in [0.1, 0.15) is 18.0 Å². The van der Waals surface area contributed by atoms with Gasteiger partial charge in [-0.3, -0.25) is 4.68 Å². The number of aromatic nitrogens is 2. The number of benzene rings is 1. The fourth-order valence-electron chi connectivity index (χ4n) is 2.52. The Morgan fingerprint density at radius 2 is 2.17 bits per heavy atom. The van der Waals surface area contributed by atoms with Gasteiger partial charge >= 0.3 is 0 Å². The second-order valence-corrected chi connectivity index (χ2v) is 4.43. The van der Waals surface area contributed by atoms with E-state index < -0.39 is 5.82 Å². The Balaban J connectivity index is 1.97. The van der Waals surface area contributed by atoms with Gasteiger partial charge in [0.2, 0.25) is 0 Å². The van der Waals surface area contributed by atoms with Crippen LogP contribution < -0.4 is 5.01 Å². The largest absolute Gasteiger partial charge is 0.304 e. The molecular formula is C13H13F2N3. The number of nitrogens with zero attached hydrogens (tertiary/aromatic N) is 3. The van der Waals surface area contributed by atoms with Crippen LogP contribution in [0.25, 0.3) is 0 Å². The third kappa shape index (κ3) is 1.85. The van der Waals surface area contributed by atoms with Crippen molar-refractivity contribution in [2.24, 2.45) is 0 Å². The highest BCUT2D eigenvalue weighted by Gasteiger charge is 2.28. The molecule has 1 aliphatic heterocycles. The van der Waals surface area contributed by atoms with Crippen LogP contribution in [0.15, 0.2) is 36.9 Å². The summed E-state index contributed by atoms with van der Waals surface area (Å²) in [5.74, 6) is -0.753. The lowest BCUT2D eigenvalue weighted by Gasteiger charge is -2.27. The molecular weight excluding hydrogens is 236 g/mol. The summed E-state index contributed by atoms with van der Waals surface area (Å²) in [7, 11) is 0. The smallest absolute Gasteiger partial charge is 0.128 e. The molecule has 1 aliphatic rings. The van der Waals surface area contributed by atoms with Crippen molar-refractivity contribution in [3.63, 3.8) is 0 Å². The molecule has 2 heterocycles. The average Bonchev–Trinajstić information content (AvgIpc) is 3.00. The van der Waals surface area contributed by atoms with Crippen molar-refractivity contribution in [1.29, 1.82) is 0 Å². The van der Waals surface area contributed by atoms with E-state index in [-0.39, 0.29) is 11.9 Å². The molecule has 5 heteroatoms. The molecule has 0 radical (unpaired) electrons. The Labute approximate surface area is 104 Å². The minimum absolute atomic E-state index is 0.130. The van der Waals surface area contributed by atoms with E-state index in [4.69, 9.17) is 0 Å². The van der Waals surface area contributed by atoms with Crippen molar-refractivity contribution in [2.75, 3.05) is 11.6 Å². The van der Waals surface area contributed by atoms with E-state index in [0.29, 0.717) is 5.56 Å². The lowest BCUT2D eigenvalue weighted by atomic mass is 10.0. The first-order valence-corrected chi connectivity index (χ1v) is 5.95. The second-order valence-electron chi connectivity index (χ2n) is 4.43. The third-order valence-corrected chi connectivity index (χ3v) is 3.33. The van der Waals surface area contributed by atoms with Crippen molar-refractivity contribution >= 4 is 0 Å². The van der Waals surface area contributed by atoms with E-state index in [1.54, 1.807) is 12.5 Å². The maximum absolute atomic E-state index is 13.8. The molecule has 0 bridgehead atoms. The molecule has 3 nitrogen and oxygen atoms in total. The molecule has 94 valence electrons. The number of halogens is 2. The van der Waals surface area contributed by atoms with Crippen molar-refractivity contribution in [3.05, 3.63) is 54.1 Å². The summed E-state index contributed by atoms with van der Waals surface area (Å²) in [5.41, 5.74) is 0.418. The summed E-state index contributed by atoms with van der Waals surface area (Å²) < 4.78 is 28.9. The SMILES string of the molecule is Fc1ccc(F)c(C2CCCN2n2ccnc2)c1. The molecule has 3 rings (SSSR count). The maximum Gasteiger partial charge on any atom is 0.128 e. The Bertz CT molecular complexity index is 539. The zero-order chi connectivity index (χ0) is 12.5. The normalized spacial score (nSPS) is 19.4. The van der Waals surface area contributed by atoms with Gasteiger partial charge in [0, 0.05) is 24.5 Å². The van der Waals surface area contributed by atoms with Crippen LogP contribution in [0.3, 0.4) is 0 Å². The van der Waals surface area contributed by atoms with Crippen LogP contribution in [0.1, 0.15) is 24.4 Å². The van der Waals surface area contributed by atoms with Crippen LogP contribution in [0, 0.1) is 11.6 Å². The summed E-state index contributed by atoms with van der Waals surface area (Å²) in [6.45, 7) is 0.816. The fraction of sp³-hybridized carbons (Fsp3) is 0.308. The molecule has 1 aromatic carbocycles. The summed E-state index contributed by atoms with van der Waals surface area (Å²) in [5, 5.41) is 2.00. The molecule has 2 aromatic rings. The van der Waals surface area contributed by atoms with Crippen LogP contribution in [-0.2, 0) is 0 Å². The first kappa shape index (κ1) is 11.2. The zero-order valence-corrected chi connectivity index (χ0v) is 9.76. The van der Waals surface area contributed by atoms with Crippen molar-refractivity contribution in [1.82, 2.24) is 9.66 Å². The molecule has 0 N–H and O–H groups in total. The molecule has 0 spiro atoms. The van der Waals surface area contributed by atoms with E-state index in [0.717, 1.165) is 25.5 Å². The Morgan fingerprint density at radius 1 is 1.28 bits per heavy atom. The van der Waals surface area contributed by atoms with Gasteiger partial charge in [-0.1, -0.05) is 0 Å². The number of hydrogen-bond acceptors (Lipinski definition) is 2. The number of rotatable bonds is 2. The zero-order valence-electron chi connectivity index (χ0n) is 9.76. The van der Waals surface area contributed by atoms with Gasteiger partial charge in [-0.2, -0.15) is 0 Å². The highest BCUT2D eigenvalue weighted by molar-refractivity contribution is 5.27. The molecule has 0 saturated carbocycles. The van der Waals surface area contributed by atoms with Crippen LogP contribution >= 0.6 is 0 Å². The van der Waals surface area contributed by atoms with E-state index in [1.807, 2.05) is 15.9 Å². The van der Waals surface area contributed by atoms with Gasteiger partial charge in [0.05, 0.1) is 6.04 Å². The molecule has 0 amide bonds. The highest BCUT2D eigenvalue weighted by atomic mass is 19.1. The Kier molecular flexibility index (Phi) is 2.74. The van der Waals surface area contributed by atoms with Gasteiger partial charge in [-0.15, -0.1) is 0 Å². The quantitative estimate of drug-likeness (QED) is 0.815. The summed E-state index contributed by atoms with van der Waals surface area (Å²) in [6.07, 6.45) is 6.94. The summed E-state index contributed by atoms with van der Waals surface area (Å²) >= 11 is 0. The van der Waals surface area contributed by atoms with E-state index in [2.05, 4.69) is 4.98 Å². The predicted octanol–water partition coefficient (Wildman–Crippen LogP) is 2.63. The van der Waals surface area contributed by atoms with Gasteiger partial charge in [-0.05, 0) is 31.0 Å². The van der Waals surface area contributed by atoms with Crippen LogP contribution in [-0.4, -0.2) is 16.2 Å². The third-order valence-electron chi connectivity index (χ3n) is 3.33. The molecule has 1 aromatic heterocycles. The van der Waals surface area contributed by atoms with Crippen molar-refractivity contribution in [3.8, 4) is 0 Å². The molecule has 0 aliphatic carbocycles. The van der Waals surface area contributed by atoms with Gasteiger partial charge < -0.3 is 5.01 Å². The number of imidazole rings is 1. The molecule has 1 unspecified atom stereocenters. The fourth-order valence-corrected chi connectivity index (χ4v) is 2.52. The molecule has 1 atom stereocenters. The summed E-state index contributed by atoms with van der Waals surface area (Å²) in [6, 6.07) is 3.49. The molecule has 18 heavy (non-hydrogen) atoms. The van der Waals surface area contributed by atoms with E-state index >= 15 is 0 Å². The minimum atomic E-state index is -0.399. The topological polar surface area (TPSA) is 21.1 Å². The Hall–Kier alpha value is -1.91. The molecule has 1 saturated heterocycles. The van der Waals surface area contributed by atoms with Crippen LogP contribution in [0.5, 0.6) is 0 Å². The minimum Gasteiger partial charge on any atom is -0.304 e. The summed E-state index contributed by atoms with van der Waals surface area (Å²) in [4.78, 5) is 3.99. The van der Waals surface area contributed by atoms with Crippen LogP contribution in [0.2, 0.25) is 0 Å². The highest BCUT2D eigenvalue weighted by Crippen LogP contribution is 2.32. The maximum atomic E-state index is 13.8.